The van der Waals surface area contributed by atoms with Crippen LogP contribution in [0.3, 0.4) is 0 Å². The minimum Gasteiger partial charge on any atom is -0.301 e. The first-order valence-electron chi connectivity index (χ1n) is 4.74. The first kappa shape index (κ1) is 10.8. The van der Waals surface area contributed by atoms with Gasteiger partial charge in [-0.3, -0.25) is 0 Å². The summed E-state index contributed by atoms with van der Waals surface area (Å²) in [5.41, 5.74) is 2.19. The topological polar surface area (TPSA) is 17.8 Å². The summed E-state index contributed by atoms with van der Waals surface area (Å²) < 4.78 is 2.05. The molecule has 0 saturated carbocycles. The van der Waals surface area contributed by atoms with Gasteiger partial charge in [0.1, 0.15) is 5.82 Å². The quantitative estimate of drug-likeness (QED) is 0.699. The van der Waals surface area contributed by atoms with Crippen LogP contribution in [0.4, 0.5) is 0 Å². The monoisotopic (exact) mass is 190 g/mol. The fraction of sp³-hybridized carbons (Fsp3) is 0.417. The average molecular weight is 190 g/mol. The Morgan fingerprint density at radius 2 is 2.07 bits per heavy atom. The second-order valence-corrected chi connectivity index (χ2v) is 4.49. The van der Waals surface area contributed by atoms with Crippen LogP contribution in [0.2, 0.25) is 0 Å². The molecule has 0 atom stereocenters. The number of aromatic nitrogens is 2. The van der Waals surface area contributed by atoms with E-state index in [1.165, 1.54) is 0 Å². The van der Waals surface area contributed by atoms with E-state index in [2.05, 4.69) is 38.9 Å². The number of rotatable bonds is 2. The summed E-state index contributed by atoms with van der Waals surface area (Å²) in [7, 11) is 0. The Hall–Kier alpha value is -1.31. The van der Waals surface area contributed by atoms with E-state index >= 15 is 0 Å². The van der Waals surface area contributed by atoms with Gasteiger partial charge in [0.15, 0.2) is 0 Å². The predicted molar refractivity (Wildman–Crippen MR) is 61.8 cm³/mol. The van der Waals surface area contributed by atoms with Crippen LogP contribution in [-0.4, -0.2) is 9.55 Å². The maximum absolute atomic E-state index is 4.25. The fourth-order valence-electron chi connectivity index (χ4n) is 1.29. The molecule has 0 aliphatic heterocycles. The van der Waals surface area contributed by atoms with Crippen molar-refractivity contribution in [3.05, 3.63) is 30.9 Å². The summed E-state index contributed by atoms with van der Waals surface area (Å²) in [6.45, 7) is 16.3. The Balaban J connectivity index is 3.24. The zero-order valence-corrected chi connectivity index (χ0v) is 9.46. The molecule has 0 fully saturated rings. The van der Waals surface area contributed by atoms with Crippen molar-refractivity contribution in [2.45, 2.75) is 27.7 Å². The lowest BCUT2D eigenvalue weighted by atomic mass is 9.92. The molecule has 0 aromatic carbocycles. The summed E-state index contributed by atoms with van der Waals surface area (Å²) in [4.78, 5) is 4.25. The summed E-state index contributed by atoms with van der Waals surface area (Å²) in [5, 5.41) is 0. The molecule has 0 N–H and O–H groups in total. The molecule has 0 bridgehead atoms. The molecule has 1 rings (SSSR count). The number of aryl methyl sites for hydroxylation is 1. The molecule has 2 heteroatoms. The summed E-state index contributed by atoms with van der Waals surface area (Å²) in [5.74, 6) is 0.863. The maximum Gasteiger partial charge on any atom is 0.136 e. The Kier molecular flexibility index (Phi) is 2.65. The van der Waals surface area contributed by atoms with Crippen LogP contribution in [0.15, 0.2) is 19.4 Å². The highest BCUT2D eigenvalue weighted by Gasteiger charge is 2.19. The molecule has 14 heavy (non-hydrogen) atoms. The lowest BCUT2D eigenvalue weighted by Gasteiger charge is -2.24. The van der Waals surface area contributed by atoms with E-state index in [0.29, 0.717) is 0 Å². The molecular weight excluding hydrogens is 172 g/mol. The molecule has 0 saturated heterocycles. The van der Waals surface area contributed by atoms with Crippen molar-refractivity contribution in [3.63, 3.8) is 0 Å². The highest BCUT2D eigenvalue weighted by atomic mass is 15.1. The third kappa shape index (κ3) is 1.79. The van der Waals surface area contributed by atoms with Crippen molar-refractivity contribution >= 4 is 11.8 Å². The zero-order valence-electron chi connectivity index (χ0n) is 9.46. The number of hydrogen-bond donors (Lipinski definition) is 0. The van der Waals surface area contributed by atoms with E-state index in [1.807, 2.05) is 17.7 Å². The minimum absolute atomic E-state index is 0.0449. The molecule has 2 nitrogen and oxygen atoms in total. The normalized spacial score (nSPS) is 11.4. The minimum atomic E-state index is 0.0449. The Bertz CT molecular complexity index is 364. The van der Waals surface area contributed by atoms with Crippen molar-refractivity contribution < 1.29 is 0 Å². The van der Waals surface area contributed by atoms with Crippen LogP contribution in [0.1, 0.15) is 32.3 Å². The molecular formula is C12H18N2. The SMILES string of the molecule is C=Cc1ncc(C)n1C(=C)C(C)(C)C. The lowest BCUT2D eigenvalue weighted by molar-refractivity contribution is 0.537. The van der Waals surface area contributed by atoms with Crippen LogP contribution < -0.4 is 0 Å². The number of nitrogens with zero attached hydrogens (tertiary/aromatic N) is 2. The van der Waals surface area contributed by atoms with Crippen molar-refractivity contribution in [3.8, 4) is 0 Å². The zero-order chi connectivity index (χ0) is 10.9. The first-order valence-corrected chi connectivity index (χ1v) is 4.74. The number of hydrogen-bond acceptors (Lipinski definition) is 1. The average Bonchev–Trinajstić information content (AvgIpc) is 2.43. The molecule has 0 amide bonds. The molecule has 0 spiro atoms. The van der Waals surface area contributed by atoms with E-state index in [9.17, 15) is 0 Å². The fourth-order valence-corrected chi connectivity index (χ4v) is 1.29. The van der Waals surface area contributed by atoms with Gasteiger partial charge in [-0.2, -0.15) is 0 Å². The first-order chi connectivity index (χ1) is 6.38. The molecule has 0 aliphatic carbocycles. The summed E-state index contributed by atoms with van der Waals surface area (Å²) >= 11 is 0. The maximum atomic E-state index is 4.25. The van der Waals surface area contributed by atoms with Crippen LogP contribution >= 0.6 is 0 Å². The highest BCUT2D eigenvalue weighted by Crippen LogP contribution is 2.29. The second kappa shape index (κ2) is 3.45. The molecule has 1 aromatic heterocycles. The molecule has 1 heterocycles. The predicted octanol–water partition coefficient (Wildman–Crippen LogP) is 3.35. The van der Waals surface area contributed by atoms with E-state index in [-0.39, 0.29) is 5.41 Å². The van der Waals surface area contributed by atoms with Gasteiger partial charge in [-0.25, -0.2) is 4.98 Å². The van der Waals surface area contributed by atoms with Crippen molar-refractivity contribution in [2.24, 2.45) is 5.41 Å². The summed E-state index contributed by atoms with van der Waals surface area (Å²) in [6, 6.07) is 0. The molecule has 1 aromatic rings. The van der Waals surface area contributed by atoms with Gasteiger partial charge in [0.2, 0.25) is 0 Å². The van der Waals surface area contributed by atoms with Crippen molar-refractivity contribution in [1.82, 2.24) is 9.55 Å². The lowest BCUT2D eigenvalue weighted by Crippen LogP contribution is -2.15. The van der Waals surface area contributed by atoms with Crippen LogP contribution in [0.25, 0.3) is 11.8 Å². The molecule has 0 radical (unpaired) electrons. The molecule has 0 aliphatic rings. The van der Waals surface area contributed by atoms with Crippen LogP contribution in [0, 0.1) is 12.3 Å². The van der Waals surface area contributed by atoms with Crippen molar-refractivity contribution in [1.29, 1.82) is 0 Å². The third-order valence-electron chi connectivity index (χ3n) is 2.28. The van der Waals surface area contributed by atoms with Gasteiger partial charge in [0, 0.05) is 23.0 Å². The van der Waals surface area contributed by atoms with Crippen LogP contribution in [0.5, 0.6) is 0 Å². The van der Waals surface area contributed by atoms with Gasteiger partial charge in [-0.05, 0) is 13.0 Å². The summed E-state index contributed by atoms with van der Waals surface area (Å²) in [6.07, 6.45) is 3.60. The number of allylic oxidation sites excluding steroid dienone is 1. The van der Waals surface area contributed by atoms with Gasteiger partial charge in [-0.15, -0.1) is 0 Å². The van der Waals surface area contributed by atoms with Gasteiger partial charge in [0.05, 0.1) is 0 Å². The van der Waals surface area contributed by atoms with Gasteiger partial charge < -0.3 is 4.57 Å². The Labute approximate surface area is 86.0 Å². The third-order valence-corrected chi connectivity index (χ3v) is 2.28. The standard InChI is InChI=1S/C12H18N2/c1-7-11-13-8-9(2)14(11)10(3)12(4,5)6/h7-8H,1,3H2,2,4-6H3. The van der Waals surface area contributed by atoms with E-state index in [0.717, 1.165) is 17.2 Å². The van der Waals surface area contributed by atoms with Gasteiger partial charge >= 0.3 is 0 Å². The van der Waals surface area contributed by atoms with Crippen LogP contribution in [-0.2, 0) is 0 Å². The second-order valence-electron chi connectivity index (χ2n) is 4.49. The van der Waals surface area contributed by atoms with Gasteiger partial charge in [0.25, 0.3) is 0 Å². The van der Waals surface area contributed by atoms with E-state index in [1.54, 1.807) is 6.08 Å². The van der Waals surface area contributed by atoms with E-state index in [4.69, 9.17) is 0 Å². The Morgan fingerprint density at radius 3 is 2.50 bits per heavy atom. The van der Waals surface area contributed by atoms with Crippen molar-refractivity contribution in [2.75, 3.05) is 0 Å². The van der Waals surface area contributed by atoms with E-state index < -0.39 is 0 Å². The number of imidazole rings is 1. The molecule has 0 unspecified atom stereocenters. The largest absolute Gasteiger partial charge is 0.301 e. The smallest absolute Gasteiger partial charge is 0.136 e. The van der Waals surface area contributed by atoms with Gasteiger partial charge in [-0.1, -0.05) is 33.9 Å². The molecule has 76 valence electrons. The highest BCUT2D eigenvalue weighted by molar-refractivity contribution is 5.55. The Morgan fingerprint density at radius 1 is 1.50 bits per heavy atom.